The SMILES string of the molecule is CCCC(=O)c1cc2cccc(Cl)c2o1. The first-order valence-corrected chi connectivity index (χ1v) is 5.31. The molecule has 0 aliphatic carbocycles. The summed E-state index contributed by atoms with van der Waals surface area (Å²) >= 11 is 5.95. The first-order valence-electron chi connectivity index (χ1n) is 4.93. The molecule has 0 N–H and O–H groups in total. The van der Waals surface area contributed by atoms with Crippen LogP contribution in [0.25, 0.3) is 11.0 Å². The molecular weight excluding hydrogens is 212 g/mol. The second-order valence-corrected chi connectivity index (χ2v) is 3.85. The quantitative estimate of drug-likeness (QED) is 0.733. The van der Waals surface area contributed by atoms with E-state index in [4.69, 9.17) is 16.0 Å². The van der Waals surface area contributed by atoms with E-state index < -0.39 is 0 Å². The maximum absolute atomic E-state index is 11.6. The van der Waals surface area contributed by atoms with Gasteiger partial charge in [0.05, 0.1) is 5.02 Å². The van der Waals surface area contributed by atoms with E-state index in [2.05, 4.69) is 0 Å². The second kappa shape index (κ2) is 4.07. The summed E-state index contributed by atoms with van der Waals surface area (Å²) in [6.45, 7) is 1.97. The molecular formula is C12H11ClO2. The number of benzene rings is 1. The fourth-order valence-corrected chi connectivity index (χ4v) is 1.74. The lowest BCUT2D eigenvalue weighted by Crippen LogP contribution is -1.94. The van der Waals surface area contributed by atoms with E-state index >= 15 is 0 Å². The van der Waals surface area contributed by atoms with Gasteiger partial charge < -0.3 is 4.42 Å². The van der Waals surface area contributed by atoms with Gasteiger partial charge in [0.2, 0.25) is 0 Å². The van der Waals surface area contributed by atoms with E-state index in [1.54, 1.807) is 12.1 Å². The normalized spacial score (nSPS) is 10.8. The molecule has 0 fully saturated rings. The number of rotatable bonds is 3. The van der Waals surface area contributed by atoms with Crippen molar-refractivity contribution in [2.75, 3.05) is 0 Å². The molecule has 0 atom stereocenters. The average molecular weight is 223 g/mol. The van der Waals surface area contributed by atoms with Gasteiger partial charge in [-0.2, -0.15) is 0 Å². The average Bonchev–Trinajstić information content (AvgIpc) is 2.63. The minimum Gasteiger partial charge on any atom is -0.451 e. The predicted molar refractivity (Wildman–Crippen MR) is 60.5 cm³/mol. The van der Waals surface area contributed by atoms with Gasteiger partial charge in [-0.25, -0.2) is 0 Å². The Morgan fingerprint density at radius 2 is 2.27 bits per heavy atom. The summed E-state index contributed by atoms with van der Waals surface area (Å²) < 4.78 is 5.43. The van der Waals surface area contributed by atoms with E-state index in [1.165, 1.54) is 0 Å². The van der Waals surface area contributed by atoms with Gasteiger partial charge in [-0.15, -0.1) is 0 Å². The second-order valence-electron chi connectivity index (χ2n) is 3.44. The van der Waals surface area contributed by atoms with Crippen molar-refractivity contribution in [2.45, 2.75) is 19.8 Å². The van der Waals surface area contributed by atoms with Gasteiger partial charge in [-0.1, -0.05) is 30.7 Å². The minimum atomic E-state index is 0.0322. The van der Waals surface area contributed by atoms with Crippen molar-refractivity contribution in [1.82, 2.24) is 0 Å². The zero-order valence-electron chi connectivity index (χ0n) is 8.42. The highest BCUT2D eigenvalue weighted by Gasteiger charge is 2.12. The van der Waals surface area contributed by atoms with Gasteiger partial charge in [0, 0.05) is 11.8 Å². The Bertz CT molecular complexity index is 499. The molecule has 0 aliphatic rings. The monoisotopic (exact) mass is 222 g/mol. The molecule has 2 nitrogen and oxygen atoms in total. The number of furan rings is 1. The first-order chi connectivity index (χ1) is 7.22. The van der Waals surface area contributed by atoms with Crippen molar-refractivity contribution in [1.29, 1.82) is 0 Å². The van der Waals surface area contributed by atoms with Crippen molar-refractivity contribution in [3.8, 4) is 0 Å². The number of ketones is 1. The third-order valence-corrected chi connectivity index (χ3v) is 2.55. The number of para-hydroxylation sites is 1. The largest absolute Gasteiger partial charge is 0.451 e. The molecule has 0 unspecified atom stereocenters. The maximum Gasteiger partial charge on any atom is 0.198 e. The molecule has 1 aromatic carbocycles. The minimum absolute atomic E-state index is 0.0322. The van der Waals surface area contributed by atoms with Crippen LogP contribution in [0.1, 0.15) is 30.3 Å². The van der Waals surface area contributed by atoms with Gasteiger partial charge in [-0.3, -0.25) is 4.79 Å². The van der Waals surface area contributed by atoms with Crippen molar-refractivity contribution < 1.29 is 9.21 Å². The van der Waals surface area contributed by atoms with E-state index in [0.717, 1.165) is 11.8 Å². The molecule has 2 rings (SSSR count). The number of carbonyl (C=O) groups is 1. The highest BCUT2D eigenvalue weighted by Crippen LogP contribution is 2.27. The maximum atomic E-state index is 11.6. The molecule has 0 radical (unpaired) electrons. The molecule has 15 heavy (non-hydrogen) atoms. The zero-order chi connectivity index (χ0) is 10.8. The molecule has 0 saturated heterocycles. The Hall–Kier alpha value is -1.28. The Morgan fingerprint density at radius 3 is 2.93 bits per heavy atom. The van der Waals surface area contributed by atoms with Gasteiger partial charge in [-0.05, 0) is 18.6 Å². The smallest absolute Gasteiger partial charge is 0.198 e. The lowest BCUT2D eigenvalue weighted by atomic mass is 10.2. The van der Waals surface area contributed by atoms with Gasteiger partial charge in [0.25, 0.3) is 0 Å². The lowest BCUT2D eigenvalue weighted by Gasteiger charge is -1.92. The lowest BCUT2D eigenvalue weighted by molar-refractivity contribution is 0.0957. The fraction of sp³-hybridized carbons (Fsp3) is 0.250. The van der Waals surface area contributed by atoms with Gasteiger partial charge in [0.1, 0.15) is 0 Å². The van der Waals surface area contributed by atoms with Crippen LogP contribution in [0.15, 0.2) is 28.7 Å². The number of fused-ring (bicyclic) bond motifs is 1. The summed E-state index contributed by atoms with van der Waals surface area (Å²) in [6.07, 6.45) is 1.33. The Morgan fingerprint density at radius 1 is 1.47 bits per heavy atom. The molecule has 78 valence electrons. The van der Waals surface area contributed by atoms with E-state index in [1.807, 2.05) is 19.1 Å². The van der Waals surface area contributed by atoms with Crippen LogP contribution in [-0.4, -0.2) is 5.78 Å². The Labute approximate surface area is 92.8 Å². The van der Waals surface area contributed by atoms with Gasteiger partial charge in [0.15, 0.2) is 17.1 Å². The third kappa shape index (κ3) is 1.90. The standard InChI is InChI=1S/C12H11ClO2/c1-2-4-10(14)11-7-8-5-3-6-9(13)12(8)15-11/h3,5-7H,2,4H2,1H3. The van der Waals surface area contributed by atoms with Crippen molar-refractivity contribution in [3.05, 3.63) is 35.0 Å². The number of carbonyl (C=O) groups excluding carboxylic acids is 1. The van der Waals surface area contributed by atoms with Crippen LogP contribution in [0.2, 0.25) is 5.02 Å². The molecule has 0 aliphatic heterocycles. The number of hydrogen-bond acceptors (Lipinski definition) is 2. The highest BCUT2D eigenvalue weighted by molar-refractivity contribution is 6.34. The summed E-state index contributed by atoms with van der Waals surface area (Å²) in [7, 11) is 0. The highest BCUT2D eigenvalue weighted by atomic mass is 35.5. The number of halogens is 1. The van der Waals surface area contributed by atoms with Crippen LogP contribution in [0, 0.1) is 0 Å². The van der Waals surface area contributed by atoms with Crippen LogP contribution < -0.4 is 0 Å². The number of Topliss-reactive ketones (excluding diaryl/α,β-unsaturated/α-hetero) is 1. The third-order valence-electron chi connectivity index (χ3n) is 2.25. The first kappa shape index (κ1) is 10.2. The summed E-state index contributed by atoms with van der Waals surface area (Å²) in [5.41, 5.74) is 0.596. The molecule has 1 aromatic heterocycles. The molecule has 0 spiro atoms. The van der Waals surface area contributed by atoms with Crippen LogP contribution in [0.4, 0.5) is 0 Å². The predicted octanol–water partition coefficient (Wildman–Crippen LogP) is 4.07. The summed E-state index contributed by atoms with van der Waals surface area (Å²) in [6, 6.07) is 7.22. The zero-order valence-corrected chi connectivity index (χ0v) is 9.17. The molecule has 0 saturated carbocycles. The van der Waals surface area contributed by atoms with Crippen molar-refractivity contribution in [3.63, 3.8) is 0 Å². The fourth-order valence-electron chi connectivity index (χ4n) is 1.52. The number of hydrogen-bond donors (Lipinski definition) is 0. The topological polar surface area (TPSA) is 30.2 Å². The van der Waals surface area contributed by atoms with Gasteiger partial charge >= 0.3 is 0 Å². The van der Waals surface area contributed by atoms with Crippen molar-refractivity contribution in [2.24, 2.45) is 0 Å². The molecule has 3 heteroatoms. The Kier molecular flexibility index (Phi) is 2.78. The molecule has 0 bridgehead atoms. The summed E-state index contributed by atoms with van der Waals surface area (Å²) in [4.78, 5) is 11.6. The van der Waals surface area contributed by atoms with E-state index in [-0.39, 0.29) is 5.78 Å². The van der Waals surface area contributed by atoms with E-state index in [9.17, 15) is 4.79 Å². The van der Waals surface area contributed by atoms with Crippen LogP contribution in [-0.2, 0) is 0 Å². The molecule has 2 aromatic rings. The molecule has 0 amide bonds. The van der Waals surface area contributed by atoms with Crippen LogP contribution in [0.3, 0.4) is 0 Å². The molecule has 1 heterocycles. The van der Waals surface area contributed by atoms with Crippen molar-refractivity contribution >= 4 is 28.4 Å². The van der Waals surface area contributed by atoms with Crippen LogP contribution in [0.5, 0.6) is 0 Å². The van der Waals surface area contributed by atoms with Crippen LogP contribution >= 0.6 is 11.6 Å². The van der Waals surface area contributed by atoms with E-state index in [0.29, 0.717) is 22.8 Å². The summed E-state index contributed by atoms with van der Waals surface area (Å²) in [5, 5.41) is 1.42. The summed E-state index contributed by atoms with van der Waals surface area (Å²) in [5.74, 6) is 0.435. The Balaban J connectivity index is 2.47.